The highest BCUT2D eigenvalue weighted by Gasteiger charge is 2.12. The molecule has 0 bridgehead atoms. The van der Waals surface area contributed by atoms with Crippen LogP contribution >= 0.6 is 0 Å². The Balaban J connectivity index is 2.17. The Morgan fingerprint density at radius 2 is 1.71 bits per heavy atom. The Hall–Kier alpha value is -1.84. The average Bonchev–Trinajstić information content (AvgIpc) is 2.54. The number of hydrogen-bond donors (Lipinski definition) is 1. The Morgan fingerprint density at radius 3 is 2.43 bits per heavy atom. The minimum absolute atomic E-state index is 0.124. The van der Waals surface area contributed by atoms with E-state index in [1.807, 2.05) is 37.3 Å². The van der Waals surface area contributed by atoms with E-state index >= 15 is 0 Å². The first-order chi connectivity index (χ1) is 10.3. The van der Waals surface area contributed by atoms with E-state index in [1.54, 1.807) is 7.11 Å². The predicted octanol–water partition coefficient (Wildman–Crippen LogP) is 4.02. The summed E-state index contributed by atoms with van der Waals surface area (Å²) >= 11 is 0. The molecule has 1 unspecified atom stereocenters. The van der Waals surface area contributed by atoms with Crippen molar-refractivity contribution in [1.82, 2.24) is 0 Å². The van der Waals surface area contributed by atoms with Crippen LogP contribution in [0.3, 0.4) is 0 Å². The van der Waals surface area contributed by atoms with Gasteiger partial charge in [0.1, 0.15) is 0 Å². The standard InChI is InChI=1S/C18H23NO2/c1-3-21-13-16-11-7-8-12-17(16)19-18(14-20-2)15-9-5-4-6-10-15/h4-12,18-19H,3,13-14H2,1-2H3. The highest BCUT2D eigenvalue weighted by molar-refractivity contribution is 5.52. The van der Waals surface area contributed by atoms with Crippen molar-refractivity contribution in [2.24, 2.45) is 0 Å². The minimum atomic E-state index is 0.124. The van der Waals surface area contributed by atoms with Crippen LogP contribution in [0.2, 0.25) is 0 Å². The molecule has 1 atom stereocenters. The SMILES string of the molecule is CCOCc1ccccc1NC(COC)c1ccccc1. The van der Waals surface area contributed by atoms with Crippen LogP contribution in [0.25, 0.3) is 0 Å². The molecule has 2 aromatic carbocycles. The van der Waals surface area contributed by atoms with Crippen molar-refractivity contribution in [1.29, 1.82) is 0 Å². The molecule has 112 valence electrons. The molecule has 2 rings (SSSR count). The Labute approximate surface area is 126 Å². The second kappa shape index (κ2) is 8.45. The summed E-state index contributed by atoms with van der Waals surface area (Å²) in [6.45, 7) is 3.96. The Kier molecular flexibility index (Phi) is 6.25. The topological polar surface area (TPSA) is 30.5 Å². The molecule has 0 saturated carbocycles. The molecule has 0 aliphatic heterocycles. The largest absolute Gasteiger partial charge is 0.382 e. The van der Waals surface area contributed by atoms with Crippen LogP contribution in [-0.4, -0.2) is 20.3 Å². The summed E-state index contributed by atoms with van der Waals surface area (Å²) in [5.41, 5.74) is 3.47. The molecule has 0 amide bonds. The van der Waals surface area contributed by atoms with Crippen molar-refractivity contribution in [3.05, 3.63) is 65.7 Å². The number of rotatable bonds is 8. The lowest BCUT2D eigenvalue weighted by atomic mass is 10.1. The molecular formula is C18H23NO2. The molecular weight excluding hydrogens is 262 g/mol. The van der Waals surface area contributed by atoms with Crippen LogP contribution < -0.4 is 5.32 Å². The molecule has 0 aliphatic carbocycles. The molecule has 0 saturated heterocycles. The molecule has 2 aromatic rings. The maximum atomic E-state index is 5.54. The lowest BCUT2D eigenvalue weighted by molar-refractivity contribution is 0.134. The van der Waals surface area contributed by atoms with Crippen LogP contribution in [-0.2, 0) is 16.1 Å². The molecule has 3 heteroatoms. The number of ether oxygens (including phenoxy) is 2. The molecule has 21 heavy (non-hydrogen) atoms. The molecule has 1 N–H and O–H groups in total. The predicted molar refractivity (Wildman–Crippen MR) is 86.5 cm³/mol. The van der Waals surface area contributed by atoms with Crippen molar-refractivity contribution in [2.75, 3.05) is 25.6 Å². The zero-order valence-corrected chi connectivity index (χ0v) is 12.7. The van der Waals surface area contributed by atoms with Gasteiger partial charge in [0, 0.05) is 25.0 Å². The summed E-state index contributed by atoms with van der Waals surface area (Å²) in [6, 6.07) is 18.7. The van der Waals surface area contributed by atoms with Gasteiger partial charge in [0.25, 0.3) is 0 Å². The molecule has 0 aromatic heterocycles. The minimum Gasteiger partial charge on any atom is -0.382 e. The Morgan fingerprint density at radius 1 is 1.00 bits per heavy atom. The molecule has 0 spiro atoms. The number of hydrogen-bond acceptors (Lipinski definition) is 3. The summed E-state index contributed by atoms with van der Waals surface area (Å²) in [4.78, 5) is 0. The van der Waals surface area contributed by atoms with E-state index in [0.717, 1.165) is 11.3 Å². The van der Waals surface area contributed by atoms with Crippen molar-refractivity contribution < 1.29 is 9.47 Å². The zero-order chi connectivity index (χ0) is 14.9. The van der Waals surface area contributed by atoms with E-state index in [-0.39, 0.29) is 6.04 Å². The fourth-order valence-corrected chi connectivity index (χ4v) is 2.26. The van der Waals surface area contributed by atoms with Crippen LogP contribution in [0.15, 0.2) is 54.6 Å². The third-order valence-electron chi connectivity index (χ3n) is 3.34. The van der Waals surface area contributed by atoms with Gasteiger partial charge in [-0.05, 0) is 18.6 Å². The summed E-state index contributed by atoms with van der Waals surface area (Å²) in [7, 11) is 1.73. The number of para-hydroxylation sites is 1. The lowest BCUT2D eigenvalue weighted by Crippen LogP contribution is -2.17. The highest BCUT2D eigenvalue weighted by Crippen LogP contribution is 2.23. The normalized spacial score (nSPS) is 12.1. The lowest BCUT2D eigenvalue weighted by Gasteiger charge is -2.21. The monoisotopic (exact) mass is 285 g/mol. The Bertz CT molecular complexity index is 528. The molecule has 0 aliphatic rings. The smallest absolute Gasteiger partial charge is 0.0747 e. The van der Waals surface area contributed by atoms with Crippen molar-refractivity contribution >= 4 is 5.69 Å². The first kappa shape index (κ1) is 15.5. The van der Waals surface area contributed by atoms with Gasteiger partial charge < -0.3 is 14.8 Å². The number of methoxy groups -OCH3 is 1. The fourth-order valence-electron chi connectivity index (χ4n) is 2.26. The van der Waals surface area contributed by atoms with E-state index in [0.29, 0.717) is 19.8 Å². The maximum Gasteiger partial charge on any atom is 0.0747 e. The van der Waals surface area contributed by atoms with Crippen molar-refractivity contribution in [3.8, 4) is 0 Å². The summed E-state index contributed by atoms with van der Waals surface area (Å²) in [5.74, 6) is 0. The van der Waals surface area contributed by atoms with Gasteiger partial charge in [0.2, 0.25) is 0 Å². The van der Waals surface area contributed by atoms with Gasteiger partial charge in [-0.1, -0.05) is 48.5 Å². The van der Waals surface area contributed by atoms with E-state index < -0.39 is 0 Å². The van der Waals surface area contributed by atoms with Crippen LogP contribution in [0.1, 0.15) is 24.1 Å². The summed E-state index contributed by atoms with van der Waals surface area (Å²) < 4.78 is 10.9. The second-order valence-electron chi connectivity index (χ2n) is 4.86. The molecule has 0 fully saturated rings. The van der Waals surface area contributed by atoms with E-state index in [1.165, 1.54) is 5.56 Å². The third-order valence-corrected chi connectivity index (χ3v) is 3.34. The number of benzene rings is 2. The second-order valence-corrected chi connectivity index (χ2v) is 4.86. The van der Waals surface area contributed by atoms with E-state index in [9.17, 15) is 0 Å². The van der Waals surface area contributed by atoms with E-state index in [4.69, 9.17) is 9.47 Å². The van der Waals surface area contributed by atoms with Gasteiger partial charge in [-0.2, -0.15) is 0 Å². The molecule has 3 nitrogen and oxygen atoms in total. The van der Waals surface area contributed by atoms with Gasteiger partial charge >= 0.3 is 0 Å². The van der Waals surface area contributed by atoms with Gasteiger partial charge in [-0.3, -0.25) is 0 Å². The van der Waals surface area contributed by atoms with Gasteiger partial charge in [-0.15, -0.1) is 0 Å². The highest BCUT2D eigenvalue weighted by atomic mass is 16.5. The number of anilines is 1. The van der Waals surface area contributed by atoms with Gasteiger partial charge in [-0.25, -0.2) is 0 Å². The van der Waals surface area contributed by atoms with Gasteiger partial charge in [0.15, 0.2) is 0 Å². The van der Waals surface area contributed by atoms with Crippen LogP contribution in [0.4, 0.5) is 5.69 Å². The van der Waals surface area contributed by atoms with Crippen LogP contribution in [0, 0.1) is 0 Å². The zero-order valence-electron chi connectivity index (χ0n) is 12.7. The average molecular weight is 285 g/mol. The van der Waals surface area contributed by atoms with Crippen molar-refractivity contribution in [2.45, 2.75) is 19.6 Å². The van der Waals surface area contributed by atoms with Crippen molar-refractivity contribution in [3.63, 3.8) is 0 Å². The summed E-state index contributed by atoms with van der Waals surface area (Å²) in [5, 5.41) is 3.57. The quantitative estimate of drug-likeness (QED) is 0.794. The fraction of sp³-hybridized carbons (Fsp3) is 0.333. The maximum absolute atomic E-state index is 5.54. The number of nitrogens with one attached hydrogen (secondary N) is 1. The van der Waals surface area contributed by atoms with Gasteiger partial charge in [0.05, 0.1) is 19.3 Å². The van der Waals surface area contributed by atoms with E-state index in [2.05, 4.69) is 29.6 Å². The third kappa shape index (κ3) is 4.59. The summed E-state index contributed by atoms with van der Waals surface area (Å²) in [6.07, 6.45) is 0. The first-order valence-corrected chi connectivity index (χ1v) is 7.31. The van der Waals surface area contributed by atoms with Crippen LogP contribution in [0.5, 0.6) is 0 Å². The first-order valence-electron chi connectivity index (χ1n) is 7.31. The molecule has 0 heterocycles. The molecule has 0 radical (unpaired) electrons.